The maximum absolute atomic E-state index is 11.5. The summed E-state index contributed by atoms with van der Waals surface area (Å²) in [6.07, 6.45) is 0. The summed E-state index contributed by atoms with van der Waals surface area (Å²) in [7, 11) is -1.69. The molecule has 0 saturated heterocycles. The minimum Gasteiger partial charge on any atom is -0.295 e. The van der Waals surface area contributed by atoms with Crippen molar-refractivity contribution in [1.82, 2.24) is 4.90 Å². The molecule has 0 fully saturated rings. The SMILES string of the molecule is CC(c1cccc(S(N)(=O)=O)c1)N(C)Cc1ccc(Cl)cc1. The number of benzene rings is 2. The zero-order valence-corrected chi connectivity index (χ0v) is 14.1. The van der Waals surface area contributed by atoms with Gasteiger partial charge in [-0.2, -0.15) is 0 Å². The lowest BCUT2D eigenvalue weighted by atomic mass is 10.1. The van der Waals surface area contributed by atoms with Crippen molar-refractivity contribution < 1.29 is 8.42 Å². The van der Waals surface area contributed by atoms with Crippen LogP contribution in [0.1, 0.15) is 24.1 Å². The monoisotopic (exact) mass is 338 g/mol. The zero-order chi connectivity index (χ0) is 16.3. The normalized spacial score (nSPS) is 13.3. The van der Waals surface area contributed by atoms with E-state index in [0.29, 0.717) is 5.02 Å². The molecule has 0 radical (unpaired) electrons. The van der Waals surface area contributed by atoms with E-state index in [0.717, 1.165) is 17.7 Å². The van der Waals surface area contributed by atoms with Gasteiger partial charge in [-0.3, -0.25) is 4.90 Å². The lowest BCUT2D eigenvalue weighted by Crippen LogP contribution is -2.22. The Balaban J connectivity index is 2.16. The van der Waals surface area contributed by atoms with Crippen molar-refractivity contribution in [2.45, 2.75) is 24.4 Å². The van der Waals surface area contributed by atoms with Gasteiger partial charge in [-0.15, -0.1) is 0 Å². The largest absolute Gasteiger partial charge is 0.295 e. The van der Waals surface area contributed by atoms with Crippen molar-refractivity contribution in [3.63, 3.8) is 0 Å². The molecule has 0 heterocycles. The highest BCUT2D eigenvalue weighted by Gasteiger charge is 2.15. The Morgan fingerprint density at radius 2 is 1.82 bits per heavy atom. The molecule has 0 aliphatic rings. The van der Waals surface area contributed by atoms with Gasteiger partial charge in [-0.1, -0.05) is 35.9 Å². The molecule has 0 aromatic heterocycles. The van der Waals surface area contributed by atoms with E-state index in [2.05, 4.69) is 4.90 Å². The minimum absolute atomic E-state index is 0.0531. The van der Waals surface area contributed by atoms with E-state index < -0.39 is 10.0 Å². The Morgan fingerprint density at radius 3 is 2.41 bits per heavy atom. The van der Waals surface area contributed by atoms with Crippen molar-refractivity contribution in [3.05, 3.63) is 64.7 Å². The lowest BCUT2D eigenvalue weighted by molar-refractivity contribution is 0.253. The molecule has 0 aliphatic carbocycles. The van der Waals surface area contributed by atoms with Crippen LogP contribution < -0.4 is 5.14 Å². The van der Waals surface area contributed by atoms with Gasteiger partial charge >= 0.3 is 0 Å². The molecule has 0 bridgehead atoms. The number of nitrogens with zero attached hydrogens (tertiary/aromatic N) is 1. The van der Waals surface area contributed by atoms with Crippen molar-refractivity contribution in [3.8, 4) is 0 Å². The van der Waals surface area contributed by atoms with E-state index in [1.807, 2.05) is 44.3 Å². The summed E-state index contributed by atoms with van der Waals surface area (Å²) in [5.41, 5.74) is 2.05. The summed E-state index contributed by atoms with van der Waals surface area (Å²) < 4.78 is 22.9. The molecule has 2 rings (SSSR count). The zero-order valence-electron chi connectivity index (χ0n) is 12.5. The average Bonchev–Trinajstić information content (AvgIpc) is 2.48. The van der Waals surface area contributed by atoms with Crippen molar-refractivity contribution in [2.24, 2.45) is 5.14 Å². The Labute approximate surface area is 136 Å². The Bertz CT molecular complexity index is 745. The fraction of sp³-hybridized carbons (Fsp3) is 0.250. The average molecular weight is 339 g/mol. The Kier molecular flexibility index (Phi) is 5.24. The van der Waals surface area contributed by atoms with Gasteiger partial charge in [0.25, 0.3) is 0 Å². The van der Waals surface area contributed by atoms with E-state index in [4.69, 9.17) is 16.7 Å². The van der Waals surface area contributed by atoms with Gasteiger partial charge in [0.05, 0.1) is 4.90 Å². The van der Waals surface area contributed by atoms with Crippen LogP contribution in [0.15, 0.2) is 53.4 Å². The molecule has 6 heteroatoms. The Hall–Kier alpha value is -1.40. The maximum Gasteiger partial charge on any atom is 0.238 e. The first kappa shape index (κ1) is 17.0. The number of rotatable bonds is 5. The summed E-state index contributed by atoms with van der Waals surface area (Å²) in [5.74, 6) is 0. The first-order valence-corrected chi connectivity index (χ1v) is 8.77. The molecular weight excluding hydrogens is 320 g/mol. The van der Waals surface area contributed by atoms with Crippen LogP contribution >= 0.6 is 11.6 Å². The number of nitrogens with two attached hydrogens (primary N) is 1. The van der Waals surface area contributed by atoms with Crippen LogP contribution in [-0.4, -0.2) is 20.4 Å². The van der Waals surface area contributed by atoms with Crippen LogP contribution in [-0.2, 0) is 16.6 Å². The van der Waals surface area contributed by atoms with Crippen LogP contribution in [0.3, 0.4) is 0 Å². The fourth-order valence-corrected chi connectivity index (χ4v) is 2.92. The van der Waals surface area contributed by atoms with E-state index in [1.165, 1.54) is 6.07 Å². The fourth-order valence-electron chi connectivity index (χ4n) is 2.22. The molecule has 22 heavy (non-hydrogen) atoms. The summed E-state index contributed by atoms with van der Waals surface area (Å²) in [6, 6.07) is 14.5. The molecule has 2 aromatic rings. The van der Waals surface area contributed by atoms with Gasteiger partial charge in [0.15, 0.2) is 0 Å². The summed E-state index contributed by atoms with van der Waals surface area (Å²) in [5, 5.41) is 5.89. The molecule has 1 unspecified atom stereocenters. The van der Waals surface area contributed by atoms with Gasteiger partial charge in [0, 0.05) is 17.6 Å². The van der Waals surface area contributed by atoms with E-state index in [1.54, 1.807) is 12.1 Å². The number of halogens is 1. The maximum atomic E-state index is 11.5. The molecule has 0 saturated carbocycles. The summed E-state index contributed by atoms with van der Waals surface area (Å²) >= 11 is 5.88. The molecule has 0 amide bonds. The highest BCUT2D eigenvalue weighted by molar-refractivity contribution is 7.89. The standard InChI is InChI=1S/C16H19ClN2O2S/c1-12(14-4-3-5-16(10-14)22(18,20)21)19(2)11-13-6-8-15(17)9-7-13/h3-10,12H,11H2,1-2H3,(H2,18,20,21). The highest BCUT2D eigenvalue weighted by atomic mass is 35.5. The Morgan fingerprint density at radius 1 is 1.18 bits per heavy atom. The van der Waals surface area contributed by atoms with Gasteiger partial charge in [0.1, 0.15) is 0 Å². The third kappa shape index (κ3) is 4.30. The van der Waals surface area contributed by atoms with Crippen molar-refractivity contribution in [2.75, 3.05) is 7.05 Å². The predicted molar refractivity (Wildman–Crippen MR) is 89.1 cm³/mol. The van der Waals surface area contributed by atoms with Crippen LogP contribution in [0.4, 0.5) is 0 Å². The molecule has 4 nitrogen and oxygen atoms in total. The van der Waals surface area contributed by atoms with Gasteiger partial charge < -0.3 is 0 Å². The van der Waals surface area contributed by atoms with E-state index in [-0.39, 0.29) is 10.9 Å². The third-order valence-electron chi connectivity index (χ3n) is 3.68. The molecule has 1 atom stereocenters. The molecule has 0 aliphatic heterocycles. The first-order valence-electron chi connectivity index (χ1n) is 6.85. The van der Waals surface area contributed by atoms with Crippen molar-refractivity contribution >= 4 is 21.6 Å². The second-order valence-corrected chi connectivity index (χ2v) is 7.33. The molecule has 118 valence electrons. The molecule has 2 aromatic carbocycles. The topological polar surface area (TPSA) is 63.4 Å². The first-order chi connectivity index (χ1) is 10.3. The van der Waals surface area contributed by atoms with E-state index >= 15 is 0 Å². The lowest BCUT2D eigenvalue weighted by Gasteiger charge is -2.25. The number of hydrogen-bond donors (Lipinski definition) is 1. The second kappa shape index (κ2) is 6.79. The number of sulfonamides is 1. The molecule has 2 N–H and O–H groups in total. The summed E-state index contributed by atoms with van der Waals surface area (Å²) in [6.45, 7) is 2.76. The molecule has 0 spiro atoms. The van der Waals surface area contributed by atoms with E-state index in [9.17, 15) is 8.42 Å². The minimum atomic E-state index is -3.68. The van der Waals surface area contributed by atoms with Crippen LogP contribution in [0.25, 0.3) is 0 Å². The quantitative estimate of drug-likeness (QED) is 0.910. The van der Waals surface area contributed by atoms with Crippen LogP contribution in [0.2, 0.25) is 5.02 Å². The van der Waals surface area contributed by atoms with Gasteiger partial charge in [0.2, 0.25) is 10.0 Å². The van der Waals surface area contributed by atoms with Crippen molar-refractivity contribution in [1.29, 1.82) is 0 Å². The van der Waals surface area contributed by atoms with Crippen LogP contribution in [0, 0.1) is 0 Å². The predicted octanol–water partition coefficient (Wildman–Crippen LogP) is 3.18. The number of hydrogen-bond acceptors (Lipinski definition) is 3. The van der Waals surface area contributed by atoms with Crippen LogP contribution in [0.5, 0.6) is 0 Å². The number of primary sulfonamides is 1. The van der Waals surface area contributed by atoms with Gasteiger partial charge in [-0.05, 0) is 49.4 Å². The third-order valence-corrected chi connectivity index (χ3v) is 4.84. The van der Waals surface area contributed by atoms with Gasteiger partial charge in [-0.25, -0.2) is 13.6 Å². The second-order valence-electron chi connectivity index (χ2n) is 5.34. The smallest absolute Gasteiger partial charge is 0.238 e. The summed E-state index contributed by atoms with van der Waals surface area (Å²) in [4.78, 5) is 2.27. The molecular formula is C16H19ClN2O2S. The highest BCUT2D eigenvalue weighted by Crippen LogP contribution is 2.23.